The van der Waals surface area contributed by atoms with Gasteiger partial charge in [-0.2, -0.15) is 4.31 Å². The number of ketones is 1. The zero-order valence-corrected chi connectivity index (χ0v) is 13.9. The number of carbonyl (C=O) groups is 1. The molecular formula is C16H21NO3S. The normalized spacial score (nSPS) is 24.5. The molecule has 4 nitrogen and oxygen atoms in total. The first-order valence-corrected chi connectivity index (χ1v) is 8.43. The summed E-state index contributed by atoms with van der Waals surface area (Å²) in [6.07, 6.45) is 0. The molecule has 1 aliphatic rings. The smallest absolute Gasteiger partial charge is 0.244 e. The molecule has 2 rings (SSSR count). The zero-order chi connectivity index (χ0) is 15.9. The lowest BCUT2D eigenvalue weighted by Gasteiger charge is -2.38. The minimum Gasteiger partial charge on any atom is -0.293 e. The van der Waals surface area contributed by atoms with Crippen LogP contribution in [0.2, 0.25) is 0 Å². The van der Waals surface area contributed by atoms with E-state index in [-0.39, 0.29) is 16.7 Å². The van der Waals surface area contributed by atoms with Crippen LogP contribution in [0.5, 0.6) is 0 Å². The number of benzene rings is 1. The molecule has 0 radical (unpaired) electrons. The Balaban J connectivity index is 2.54. The zero-order valence-electron chi connectivity index (χ0n) is 13.0. The van der Waals surface area contributed by atoms with Crippen LogP contribution in [0.15, 0.2) is 40.3 Å². The molecule has 0 bridgehead atoms. The minimum absolute atomic E-state index is 0.124. The molecule has 0 amide bonds. The van der Waals surface area contributed by atoms with Gasteiger partial charge in [0.1, 0.15) is 0 Å². The SMILES string of the molecule is CC1=C(C)C(C)N(S(=O)(=O)c2ccc(C)cc2)C(C)C1=O. The molecule has 1 heterocycles. The number of hydrogen-bond donors (Lipinski definition) is 0. The maximum Gasteiger partial charge on any atom is 0.244 e. The largest absolute Gasteiger partial charge is 0.293 e. The van der Waals surface area contributed by atoms with Crippen LogP contribution in [0, 0.1) is 6.92 Å². The third-order valence-corrected chi connectivity index (χ3v) is 6.38. The lowest BCUT2D eigenvalue weighted by atomic mass is 9.93. The van der Waals surface area contributed by atoms with Gasteiger partial charge in [0.05, 0.1) is 10.9 Å². The molecule has 0 N–H and O–H groups in total. The van der Waals surface area contributed by atoms with E-state index in [4.69, 9.17) is 0 Å². The number of Topliss-reactive ketones (excluding diaryl/α,β-unsaturated/α-hetero) is 1. The highest BCUT2D eigenvalue weighted by Crippen LogP contribution is 2.31. The van der Waals surface area contributed by atoms with Crippen LogP contribution in [-0.4, -0.2) is 30.6 Å². The average molecular weight is 307 g/mol. The van der Waals surface area contributed by atoms with Gasteiger partial charge in [-0.1, -0.05) is 17.7 Å². The van der Waals surface area contributed by atoms with Gasteiger partial charge in [0, 0.05) is 6.04 Å². The fraction of sp³-hybridized carbons (Fsp3) is 0.438. The standard InChI is InChI=1S/C16H21NO3S/c1-10-6-8-15(9-7-10)21(19,20)17-13(4)11(2)12(3)16(18)14(17)5/h6-9,13-14H,1-5H3. The van der Waals surface area contributed by atoms with E-state index in [0.717, 1.165) is 11.1 Å². The molecule has 2 atom stereocenters. The van der Waals surface area contributed by atoms with Crippen molar-refractivity contribution in [3.8, 4) is 0 Å². The van der Waals surface area contributed by atoms with Crippen molar-refractivity contribution in [2.75, 3.05) is 0 Å². The molecule has 5 heteroatoms. The van der Waals surface area contributed by atoms with Gasteiger partial charge in [-0.25, -0.2) is 8.42 Å². The Morgan fingerprint density at radius 2 is 1.48 bits per heavy atom. The quantitative estimate of drug-likeness (QED) is 0.844. The average Bonchev–Trinajstić information content (AvgIpc) is 2.43. The first-order valence-electron chi connectivity index (χ1n) is 6.99. The summed E-state index contributed by atoms with van der Waals surface area (Å²) < 4.78 is 27.1. The molecule has 1 aromatic carbocycles. The number of nitrogens with zero attached hydrogens (tertiary/aromatic N) is 1. The molecule has 0 saturated carbocycles. The molecule has 0 spiro atoms. The Labute approximate surface area is 126 Å². The second kappa shape index (κ2) is 5.39. The van der Waals surface area contributed by atoms with Crippen molar-refractivity contribution < 1.29 is 13.2 Å². The molecule has 21 heavy (non-hydrogen) atoms. The van der Waals surface area contributed by atoms with Gasteiger partial charge in [-0.05, 0) is 57.9 Å². The summed E-state index contributed by atoms with van der Waals surface area (Å²) in [4.78, 5) is 12.5. The van der Waals surface area contributed by atoms with Crippen molar-refractivity contribution in [1.29, 1.82) is 0 Å². The second-order valence-electron chi connectivity index (χ2n) is 5.67. The monoisotopic (exact) mass is 307 g/mol. The van der Waals surface area contributed by atoms with Gasteiger partial charge in [-0.3, -0.25) is 4.79 Å². The summed E-state index contributed by atoms with van der Waals surface area (Å²) in [7, 11) is -3.69. The van der Waals surface area contributed by atoms with Gasteiger partial charge < -0.3 is 0 Å². The van der Waals surface area contributed by atoms with Crippen molar-refractivity contribution in [2.45, 2.75) is 51.6 Å². The molecule has 0 fully saturated rings. The first-order chi connectivity index (χ1) is 9.67. The summed E-state index contributed by atoms with van der Waals surface area (Å²) in [6, 6.07) is 5.73. The Kier molecular flexibility index (Phi) is 4.08. The van der Waals surface area contributed by atoms with Crippen LogP contribution in [0.25, 0.3) is 0 Å². The Morgan fingerprint density at radius 1 is 0.952 bits per heavy atom. The lowest BCUT2D eigenvalue weighted by Crippen LogP contribution is -2.52. The van der Waals surface area contributed by atoms with E-state index >= 15 is 0 Å². The molecule has 0 saturated heterocycles. The maximum absolute atomic E-state index is 12.9. The lowest BCUT2D eigenvalue weighted by molar-refractivity contribution is -0.119. The highest BCUT2D eigenvalue weighted by atomic mass is 32.2. The second-order valence-corrected chi connectivity index (χ2v) is 7.52. The number of hydrogen-bond acceptors (Lipinski definition) is 3. The number of sulfonamides is 1. The minimum atomic E-state index is -3.69. The van der Waals surface area contributed by atoms with E-state index < -0.39 is 16.1 Å². The summed E-state index contributed by atoms with van der Waals surface area (Å²) in [5, 5.41) is 0. The van der Waals surface area contributed by atoms with E-state index in [1.807, 2.05) is 20.8 Å². The van der Waals surface area contributed by atoms with Crippen molar-refractivity contribution in [3.05, 3.63) is 41.0 Å². The van der Waals surface area contributed by atoms with Crippen molar-refractivity contribution in [3.63, 3.8) is 0 Å². The van der Waals surface area contributed by atoms with Crippen LogP contribution in [0.4, 0.5) is 0 Å². The third-order valence-electron chi connectivity index (χ3n) is 4.33. The predicted octanol–water partition coefficient (Wildman–Crippen LogP) is 2.68. The van der Waals surface area contributed by atoms with Crippen LogP contribution in [0.3, 0.4) is 0 Å². The van der Waals surface area contributed by atoms with Crippen molar-refractivity contribution in [2.24, 2.45) is 0 Å². The Hall–Kier alpha value is -1.46. The molecule has 0 aliphatic carbocycles. The molecule has 0 aromatic heterocycles. The third kappa shape index (κ3) is 2.56. The van der Waals surface area contributed by atoms with E-state index in [1.165, 1.54) is 4.31 Å². The number of carbonyl (C=O) groups excluding carboxylic acids is 1. The molecular weight excluding hydrogens is 286 g/mol. The fourth-order valence-corrected chi connectivity index (χ4v) is 4.52. The van der Waals surface area contributed by atoms with Crippen LogP contribution >= 0.6 is 0 Å². The van der Waals surface area contributed by atoms with E-state index in [1.54, 1.807) is 38.1 Å². The molecule has 114 valence electrons. The van der Waals surface area contributed by atoms with E-state index in [0.29, 0.717) is 5.57 Å². The summed E-state index contributed by atoms with van der Waals surface area (Å²) >= 11 is 0. The van der Waals surface area contributed by atoms with Gasteiger partial charge in [0.2, 0.25) is 10.0 Å². The van der Waals surface area contributed by atoms with Gasteiger partial charge >= 0.3 is 0 Å². The summed E-state index contributed by atoms with van der Waals surface area (Å²) in [5.74, 6) is -0.124. The van der Waals surface area contributed by atoms with E-state index in [9.17, 15) is 13.2 Å². The number of rotatable bonds is 2. The van der Waals surface area contributed by atoms with Crippen LogP contribution in [0.1, 0.15) is 33.3 Å². The van der Waals surface area contributed by atoms with Gasteiger partial charge in [-0.15, -0.1) is 0 Å². The Bertz CT molecular complexity index is 702. The topological polar surface area (TPSA) is 54.5 Å². The van der Waals surface area contributed by atoms with Crippen LogP contribution < -0.4 is 0 Å². The molecule has 1 aromatic rings. The van der Waals surface area contributed by atoms with E-state index in [2.05, 4.69) is 0 Å². The maximum atomic E-state index is 12.9. The highest BCUT2D eigenvalue weighted by molar-refractivity contribution is 7.89. The first kappa shape index (κ1) is 15.9. The van der Waals surface area contributed by atoms with Crippen molar-refractivity contribution >= 4 is 15.8 Å². The van der Waals surface area contributed by atoms with Gasteiger partial charge in [0.25, 0.3) is 0 Å². The van der Waals surface area contributed by atoms with Crippen molar-refractivity contribution in [1.82, 2.24) is 4.31 Å². The molecule has 1 aliphatic heterocycles. The number of aryl methyl sites for hydroxylation is 1. The van der Waals surface area contributed by atoms with Crippen LogP contribution in [-0.2, 0) is 14.8 Å². The summed E-state index contributed by atoms with van der Waals surface area (Å²) in [6.45, 7) is 8.97. The summed E-state index contributed by atoms with van der Waals surface area (Å²) in [5.41, 5.74) is 2.48. The Morgan fingerprint density at radius 3 is 2.00 bits per heavy atom. The fourth-order valence-electron chi connectivity index (χ4n) is 2.71. The highest BCUT2D eigenvalue weighted by Gasteiger charge is 2.41. The molecule has 2 unspecified atom stereocenters. The predicted molar refractivity (Wildman–Crippen MR) is 82.5 cm³/mol. The van der Waals surface area contributed by atoms with Gasteiger partial charge in [0.15, 0.2) is 5.78 Å².